The lowest BCUT2D eigenvalue weighted by atomic mass is 10.1. The molecule has 0 aliphatic rings. The van der Waals surface area contributed by atoms with Crippen LogP contribution in [0.3, 0.4) is 0 Å². The van der Waals surface area contributed by atoms with Crippen molar-refractivity contribution in [3.8, 4) is 10.6 Å². The smallest absolute Gasteiger partial charge is 0.177 e. The van der Waals surface area contributed by atoms with Crippen molar-refractivity contribution in [2.45, 2.75) is 39.8 Å². The third-order valence-corrected chi connectivity index (χ3v) is 3.36. The summed E-state index contributed by atoms with van der Waals surface area (Å²) < 4.78 is 5.35. The molecule has 4 heteroatoms. The number of nitrogens with zero attached hydrogens (tertiary/aromatic N) is 1. The van der Waals surface area contributed by atoms with Crippen molar-refractivity contribution >= 4 is 11.3 Å². The zero-order valence-corrected chi connectivity index (χ0v) is 11.5. The normalized spacial score (nSPS) is 12.0. The summed E-state index contributed by atoms with van der Waals surface area (Å²) in [5, 5.41) is 7.46. The molecule has 0 saturated carbocycles. The quantitative estimate of drug-likeness (QED) is 0.904. The van der Waals surface area contributed by atoms with E-state index in [1.807, 2.05) is 6.07 Å². The van der Waals surface area contributed by atoms with Crippen molar-refractivity contribution in [2.75, 3.05) is 0 Å². The van der Waals surface area contributed by atoms with Gasteiger partial charge in [-0.2, -0.15) is 0 Å². The van der Waals surface area contributed by atoms with Gasteiger partial charge >= 0.3 is 0 Å². The van der Waals surface area contributed by atoms with Gasteiger partial charge in [-0.05, 0) is 39.8 Å². The molecule has 1 N–H and O–H groups in total. The molecule has 2 rings (SSSR count). The number of aromatic nitrogens is 1. The lowest BCUT2D eigenvalue weighted by Crippen LogP contribution is -2.35. The minimum absolute atomic E-state index is 0.0959. The van der Waals surface area contributed by atoms with Gasteiger partial charge in [0.05, 0.1) is 10.6 Å². The standard InChI is InChI=1S/C13H18N2OS/c1-9-5-6-12(17-9)11-7-10(15-16-11)8-14-13(2,3)4/h5-7,14H,8H2,1-4H3. The molecular weight excluding hydrogens is 232 g/mol. The molecule has 0 spiro atoms. The molecule has 0 saturated heterocycles. The van der Waals surface area contributed by atoms with Gasteiger partial charge < -0.3 is 9.84 Å². The Bertz CT molecular complexity index is 493. The lowest BCUT2D eigenvalue weighted by molar-refractivity contribution is 0.393. The van der Waals surface area contributed by atoms with E-state index < -0.39 is 0 Å². The first-order valence-corrected chi connectivity index (χ1v) is 6.53. The Morgan fingerprint density at radius 3 is 2.71 bits per heavy atom. The number of hydrogen-bond acceptors (Lipinski definition) is 4. The molecule has 0 aliphatic heterocycles. The molecule has 0 amide bonds. The predicted molar refractivity (Wildman–Crippen MR) is 71.1 cm³/mol. The van der Waals surface area contributed by atoms with Crippen LogP contribution in [0.25, 0.3) is 10.6 Å². The zero-order valence-electron chi connectivity index (χ0n) is 10.7. The molecule has 0 atom stereocenters. The van der Waals surface area contributed by atoms with Crippen LogP contribution in [0.1, 0.15) is 31.3 Å². The first-order valence-electron chi connectivity index (χ1n) is 5.71. The molecular formula is C13H18N2OS. The molecule has 0 unspecified atom stereocenters. The highest BCUT2D eigenvalue weighted by molar-refractivity contribution is 7.15. The molecule has 0 fully saturated rings. The van der Waals surface area contributed by atoms with Gasteiger partial charge in [-0.3, -0.25) is 0 Å². The topological polar surface area (TPSA) is 38.1 Å². The van der Waals surface area contributed by atoms with Gasteiger partial charge in [-0.15, -0.1) is 11.3 Å². The maximum absolute atomic E-state index is 5.35. The highest BCUT2D eigenvalue weighted by Crippen LogP contribution is 2.28. The van der Waals surface area contributed by atoms with Gasteiger partial charge in [0.2, 0.25) is 0 Å². The van der Waals surface area contributed by atoms with Crippen LogP contribution in [0.4, 0.5) is 0 Å². The van der Waals surface area contributed by atoms with Crippen LogP contribution in [0.2, 0.25) is 0 Å². The molecule has 17 heavy (non-hydrogen) atoms. The molecule has 2 aromatic heterocycles. The van der Waals surface area contributed by atoms with Gasteiger partial charge in [0.15, 0.2) is 5.76 Å². The van der Waals surface area contributed by atoms with Gasteiger partial charge in [0.1, 0.15) is 0 Å². The predicted octanol–water partition coefficient (Wildman–Crippen LogP) is 3.60. The third-order valence-electron chi connectivity index (χ3n) is 2.34. The van der Waals surface area contributed by atoms with Crippen molar-refractivity contribution in [1.29, 1.82) is 0 Å². The summed E-state index contributed by atoms with van der Waals surface area (Å²) in [4.78, 5) is 2.42. The fourth-order valence-corrected chi connectivity index (χ4v) is 2.25. The average Bonchev–Trinajstić information content (AvgIpc) is 2.81. The maximum Gasteiger partial charge on any atom is 0.177 e. The summed E-state index contributed by atoms with van der Waals surface area (Å²) in [5.41, 5.74) is 1.04. The van der Waals surface area contributed by atoms with E-state index in [1.54, 1.807) is 11.3 Å². The average molecular weight is 250 g/mol. The number of nitrogens with one attached hydrogen (secondary N) is 1. The fraction of sp³-hybridized carbons (Fsp3) is 0.462. The summed E-state index contributed by atoms with van der Waals surface area (Å²) in [6, 6.07) is 6.17. The van der Waals surface area contributed by atoms with Gasteiger partial charge in [0, 0.05) is 23.0 Å². The van der Waals surface area contributed by atoms with Crippen LogP contribution in [0.15, 0.2) is 22.7 Å². The molecule has 0 aliphatic carbocycles. The Kier molecular flexibility index (Phi) is 3.35. The summed E-state index contributed by atoms with van der Waals surface area (Å²) in [6.07, 6.45) is 0. The van der Waals surface area contributed by atoms with E-state index in [-0.39, 0.29) is 5.54 Å². The van der Waals surface area contributed by atoms with E-state index in [0.717, 1.165) is 22.9 Å². The van der Waals surface area contributed by atoms with Crippen molar-refractivity contribution in [1.82, 2.24) is 10.5 Å². The van der Waals surface area contributed by atoms with Gasteiger partial charge in [0.25, 0.3) is 0 Å². The van der Waals surface area contributed by atoms with E-state index in [1.165, 1.54) is 4.88 Å². The molecule has 0 aromatic carbocycles. The third kappa shape index (κ3) is 3.41. The van der Waals surface area contributed by atoms with E-state index in [4.69, 9.17) is 4.52 Å². The van der Waals surface area contributed by atoms with E-state index >= 15 is 0 Å². The highest BCUT2D eigenvalue weighted by atomic mass is 32.1. The zero-order chi connectivity index (χ0) is 12.5. The first kappa shape index (κ1) is 12.3. The fourth-order valence-electron chi connectivity index (χ4n) is 1.43. The van der Waals surface area contributed by atoms with Crippen LogP contribution in [-0.4, -0.2) is 10.7 Å². The van der Waals surface area contributed by atoms with E-state index in [2.05, 4.69) is 50.3 Å². The Morgan fingerprint density at radius 2 is 2.12 bits per heavy atom. The Labute approximate surface area is 106 Å². The molecule has 3 nitrogen and oxygen atoms in total. The summed E-state index contributed by atoms with van der Waals surface area (Å²) in [6.45, 7) is 9.23. The molecule has 2 aromatic rings. The molecule has 92 valence electrons. The second kappa shape index (κ2) is 4.63. The van der Waals surface area contributed by atoms with Crippen molar-refractivity contribution in [3.63, 3.8) is 0 Å². The second-order valence-electron chi connectivity index (χ2n) is 5.20. The molecule has 0 bridgehead atoms. The minimum atomic E-state index is 0.0959. The largest absolute Gasteiger partial charge is 0.355 e. The SMILES string of the molecule is Cc1ccc(-c2cc(CNC(C)(C)C)no2)s1. The van der Waals surface area contributed by atoms with Crippen LogP contribution in [-0.2, 0) is 6.54 Å². The van der Waals surface area contributed by atoms with Gasteiger partial charge in [-0.1, -0.05) is 5.16 Å². The summed E-state index contributed by atoms with van der Waals surface area (Å²) >= 11 is 1.72. The second-order valence-corrected chi connectivity index (χ2v) is 6.48. The minimum Gasteiger partial charge on any atom is -0.355 e. The summed E-state index contributed by atoms with van der Waals surface area (Å²) in [7, 11) is 0. The Morgan fingerprint density at radius 1 is 1.35 bits per heavy atom. The van der Waals surface area contributed by atoms with Crippen LogP contribution < -0.4 is 5.32 Å². The maximum atomic E-state index is 5.35. The van der Waals surface area contributed by atoms with Crippen molar-refractivity contribution < 1.29 is 4.52 Å². The molecule has 0 radical (unpaired) electrons. The lowest BCUT2D eigenvalue weighted by Gasteiger charge is -2.19. The number of aryl methyl sites for hydroxylation is 1. The number of rotatable bonds is 3. The molecule has 2 heterocycles. The summed E-state index contributed by atoms with van der Waals surface area (Å²) in [5.74, 6) is 0.855. The van der Waals surface area contributed by atoms with Gasteiger partial charge in [-0.25, -0.2) is 0 Å². The van der Waals surface area contributed by atoms with Crippen LogP contribution in [0, 0.1) is 6.92 Å². The van der Waals surface area contributed by atoms with E-state index in [0.29, 0.717) is 0 Å². The van der Waals surface area contributed by atoms with Crippen molar-refractivity contribution in [2.24, 2.45) is 0 Å². The Hall–Kier alpha value is -1.13. The first-order chi connectivity index (χ1) is 7.94. The monoisotopic (exact) mass is 250 g/mol. The van der Waals surface area contributed by atoms with Crippen LogP contribution >= 0.6 is 11.3 Å². The number of thiophene rings is 1. The Balaban J connectivity index is 2.06. The number of hydrogen-bond donors (Lipinski definition) is 1. The van der Waals surface area contributed by atoms with Crippen LogP contribution in [0.5, 0.6) is 0 Å². The van der Waals surface area contributed by atoms with Crippen molar-refractivity contribution in [3.05, 3.63) is 28.8 Å². The highest BCUT2D eigenvalue weighted by Gasteiger charge is 2.12. The van der Waals surface area contributed by atoms with E-state index in [9.17, 15) is 0 Å².